The third-order valence-corrected chi connectivity index (χ3v) is 3.17. The van der Waals surface area contributed by atoms with E-state index in [0.717, 1.165) is 0 Å². The number of amides is 1. The molecular weight excluding hydrogens is 290 g/mol. The first kappa shape index (κ1) is 15.5. The van der Waals surface area contributed by atoms with Crippen molar-refractivity contribution in [1.82, 2.24) is 9.88 Å². The van der Waals surface area contributed by atoms with E-state index in [0.29, 0.717) is 18.4 Å². The summed E-state index contributed by atoms with van der Waals surface area (Å²) in [6, 6.07) is 6.02. The van der Waals surface area contributed by atoms with E-state index in [1.807, 2.05) is 6.92 Å². The molecule has 0 saturated carbocycles. The van der Waals surface area contributed by atoms with E-state index >= 15 is 0 Å². The summed E-state index contributed by atoms with van der Waals surface area (Å²) in [5, 5.41) is 20.4. The van der Waals surface area contributed by atoms with Gasteiger partial charge >= 0.3 is 5.97 Å². The molecule has 0 aliphatic carbocycles. The maximum absolute atomic E-state index is 12.4. The highest BCUT2D eigenvalue weighted by Gasteiger charge is 2.22. The van der Waals surface area contributed by atoms with Crippen LogP contribution in [0.4, 0.5) is 5.69 Å². The number of hydrogen-bond donors (Lipinski definition) is 2. The Kier molecular flexibility index (Phi) is 4.40. The summed E-state index contributed by atoms with van der Waals surface area (Å²) in [6.45, 7) is 1.71. The average Bonchev–Trinajstić information content (AvgIpc) is 2.89. The van der Waals surface area contributed by atoms with Crippen molar-refractivity contribution in [3.05, 3.63) is 40.1 Å². The van der Waals surface area contributed by atoms with Crippen LogP contribution in [-0.2, 0) is 4.79 Å². The normalized spacial score (nSPS) is 10.6. The maximum atomic E-state index is 12.4. The Hall–Kier alpha value is -2.90. The van der Waals surface area contributed by atoms with Gasteiger partial charge in [-0.3, -0.25) is 19.7 Å². The van der Waals surface area contributed by atoms with Gasteiger partial charge in [0.25, 0.3) is 11.6 Å². The summed E-state index contributed by atoms with van der Waals surface area (Å²) >= 11 is 0. The van der Waals surface area contributed by atoms with E-state index in [4.69, 9.17) is 5.11 Å². The number of nitro groups is 1. The molecular formula is C14H15N3O5. The largest absolute Gasteiger partial charge is 0.480 e. The molecule has 0 aliphatic heterocycles. The summed E-state index contributed by atoms with van der Waals surface area (Å²) in [5.41, 5.74) is 0.262. The first-order valence-electron chi connectivity index (χ1n) is 6.71. The van der Waals surface area contributed by atoms with Crippen LogP contribution in [-0.4, -0.2) is 44.9 Å². The summed E-state index contributed by atoms with van der Waals surface area (Å²) in [6.07, 6.45) is 0.611. The fourth-order valence-corrected chi connectivity index (χ4v) is 2.26. The zero-order valence-corrected chi connectivity index (χ0v) is 11.9. The molecule has 0 saturated heterocycles. The number of para-hydroxylation sites is 1. The molecule has 0 fully saturated rings. The van der Waals surface area contributed by atoms with Gasteiger partial charge in [0.05, 0.1) is 4.92 Å². The molecule has 8 heteroatoms. The third-order valence-electron chi connectivity index (χ3n) is 3.17. The van der Waals surface area contributed by atoms with Crippen molar-refractivity contribution in [2.75, 3.05) is 13.1 Å². The number of aromatic amines is 1. The monoisotopic (exact) mass is 305 g/mol. The first-order chi connectivity index (χ1) is 10.4. The molecule has 0 aliphatic rings. The van der Waals surface area contributed by atoms with Crippen LogP contribution >= 0.6 is 0 Å². The summed E-state index contributed by atoms with van der Waals surface area (Å²) in [5.74, 6) is -1.60. The Bertz CT molecular complexity index is 737. The van der Waals surface area contributed by atoms with E-state index in [1.54, 1.807) is 6.07 Å². The van der Waals surface area contributed by atoms with E-state index in [2.05, 4.69) is 4.98 Å². The zero-order valence-electron chi connectivity index (χ0n) is 11.9. The second-order valence-electron chi connectivity index (χ2n) is 4.80. The standard InChI is InChI=1S/C14H15N3O5/c1-2-6-16(8-12(18)19)14(20)10-7-9-4-3-5-11(17(21)22)13(9)15-10/h3-5,7,15H,2,6,8H2,1H3,(H,18,19). The van der Waals surface area contributed by atoms with Crippen LogP contribution in [0.1, 0.15) is 23.8 Å². The molecule has 0 radical (unpaired) electrons. The number of fused-ring (bicyclic) bond motifs is 1. The molecule has 2 aromatic rings. The van der Waals surface area contributed by atoms with Crippen molar-refractivity contribution >= 4 is 28.5 Å². The predicted octanol–water partition coefficient (Wildman–Crippen LogP) is 2.01. The lowest BCUT2D eigenvalue weighted by Crippen LogP contribution is -2.36. The number of carbonyl (C=O) groups excluding carboxylic acids is 1. The van der Waals surface area contributed by atoms with E-state index in [1.165, 1.54) is 23.1 Å². The predicted molar refractivity (Wildman–Crippen MR) is 78.8 cm³/mol. The Balaban J connectivity index is 2.41. The van der Waals surface area contributed by atoms with Crippen molar-refractivity contribution in [2.45, 2.75) is 13.3 Å². The summed E-state index contributed by atoms with van der Waals surface area (Å²) < 4.78 is 0. The van der Waals surface area contributed by atoms with Gasteiger partial charge in [0, 0.05) is 18.0 Å². The molecule has 0 bridgehead atoms. The van der Waals surface area contributed by atoms with Crippen molar-refractivity contribution in [3.63, 3.8) is 0 Å². The van der Waals surface area contributed by atoms with Crippen LogP contribution in [0.2, 0.25) is 0 Å². The number of nitrogens with zero attached hydrogens (tertiary/aromatic N) is 2. The Morgan fingerprint density at radius 3 is 2.73 bits per heavy atom. The van der Waals surface area contributed by atoms with Crippen molar-refractivity contribution in [2.24, 2.45) is 0 Å². The number of carbonyl (C=O) groups is 2. The minimum Gasteiger partial charge on any atom is -0.480 e. The van der Waals surface area contributed by atoms with Gasteiger partial charge in [0.1, 0.15) is 17.8 Å². The topological polar surface area (TPSA) is 117 Å². The highest BCUT2D eigenvalue weighted by atomic mass is 16.6. The van der Waals surface area contributed by atoms with Gasteiger partial charge in [-0.2, -0.15) is 0 Å². The number of H-pyrrole nitrogens is 1. The highest BCUT2D eigenvalue weighted by Crippen LogP contribution is 2.25. The van der Waals surface area contributed by atoms with Gasteiger partial charge < -0.3 is 15.0 Å². The summed E-state index contributed by atoms with van der Waals surface area (Å²) in [7, 11) is 0. The first-order valence-corrected chi connectivity index (χ1v) is 6.71. The molecule has 22 heavy (non-hydrogen) atoms. The number of non-ortho nitro benzene ring substituents is 1. The number of nitro benzene ring substituents is 1. The lowest BCUT2D eigenvalue weighted by atomic mass is 10.2. The number of benzene rings is 1. The van der Waals surface area contributed by atoms with Crippen LogP contribution in [0.3, 0.4) is 0 Å². The maximum Gasteiger partial charge on any atom is 0.323 e. The quantitative estimate of drug-likeness (QED) is 0.625. The molecule has 1 heterocycles. The van der Waals surface area contributed by atoms with Gasteiger partial charge in [0.15, 0.2) is 0 Å². The molecule has 2 rings (SSSR count). The average molecular weight is 305 g/mol. The highest BCUT2D eigenvalue weighted by molar-refractivity contribution is 6.01. The molecule has 1 amide bonds. The fourth-order valence-electron chi connectivity index (χ4n) is 2.26. The van der Waals surface area contributed by atoms with Crippen molar-refractivity contribution in [1.29, 1.82) is 0 Å². The molecule has 1 aromatic carbocycles. The second kappa shape index (κ2) is 6.25. The smallest absolute Gasteiger partial charge is 0.323 e. The minimum absolute atomic E-state index is 0.128. The molecule has 1 aromatic heterocycles. The fraction of sp³-hybridized carbons (Fsp3) is 0.286. The van der Waals surface area contributed by atoms with Crippen LogP contribution in [0.25, 0.3) is 10.9 Å². The van der Waals surface area contributed by atoms with E-state index in [-0.39, 0.29) is 16.9 Å². The minimum atomic E-state index is -1.11. The SMILES string of the molecule is CCCN(CC(=O)O)C(=O)c1cc2cccc([N+](=O)[O-])c2[nH]1. The van der Waals surface area contributed by atoms with Crippen molar-refractivity contribution in [3.8, 4) is 0 Å². The Labute approximate surface area is 125 Å². The van der Waals surface area contributed by atoms with Crippen LogP contribution in [0.15, 0.2) is 24.3 Å². The molecule has 116 valence electrons. The number of hydrogen-bond acceptors (Lipinski definition) is 4. The van der Waals surface area contributed by atoms with Crippen LogP contribution in [0, 0.1) is 10.1 Å². The third kappa shape index (κ3) is 3.05. The Morgan fingerprint density at radius 1 is 1.41 bits per heavy atom. The Morgan fingerprint density at radius 2 is 2.14 bits per heavy atom. The van der Waals surface area contributed by atoms with Gasteiger partial charge in [0.2, 0.25) is 0 Å². The zero-order chi connectivity index (χ0) is 16.3. The van der Waals surface area contributed by atoms with Gasteiger partial charge in [-0.05, 0) is 12.5 Å². The summed E-state index contributed by atoms with van der Waals surface area (Å²) in [4.78, 5) is 37.6. The lowest BCUT2D eigenvalue weighted by molar-refractivity contribution is -0.383. The molecule has 0 atom stereocenters. The number of aromatic nitrogens is 1. The van der Waals surface area contributed by atoms with Crippen molar-refractivity contribution < 1.29 is 19.6 Å². The molecule has 0 unspecified atom stereocenters. The number of carboxylic acids is 1. The number of nitrogens with one attached hydrogen (secondary N) is 1. The van der Waals surface area contributed by atoms with Gasteiger partial charge in [-0.25, -0.2) is 0 Å². The second-order valence-corrected chi connectivity index (χ2v) is 4.80. The van der Waals surface area contributed by atoms with Crippen LogP contribution < -0.4 is 0 Å². The molecule has 2 N–H and O–H groups in total. The van der Waals surface area contributed by atoms with E-state index in [9.17, 15) is 19.7 Å². The number of aliphatic carboxylic acids is 1. The number of rotatable bonds is 6. The van der Waals surface area contributed by atoms with Gasteiger partial charge in [-0.15, -0.1) is 0 Å². The molecule has 8 nitrogen and oxygen atoms in total. The molecule has 0 spiro atoms. The van der Waals surface area contributed by atoms with E-state index < -0.39 is 23.3 Å². The van der Waals surface area contributed by atoms with Gasteiger partial charge in [-0.1, -0.05) is 19.1 Å². The number of carboxylic acid groups (broad SMARTS) is 1. The lowest BCUT2D eigenvalue weighted by Gasteiger charge is -2.18. The van der Waals surface area contributed by atoms with Crippen LogP contribution in [0.5, 0.6) is 0 Å².